The summed E-state index contributed by atoms with van der Waals surface area (Å²) in [6.07, 6.45) is 3.21. The van der Waals surface area contributed by atoms with Gasteiger partial charge >= 0.3 is 0 Å². The van der Waals surface area contributed by atoms with Gasteiger partial charge < -0.3 is 4.40 Å². The second kappa shape index (κ2) is 4.49. The molecule has 0 unspecified atom stereocenters. The van der Waals surface area contributed by atoms with Crippen LogP contribution in [-0.4, -0.2) is 29.3 Å². The summed E-state index contributed by atoms with van der Waals surface area (Å²) >= 11 is 6.21. The summed E-state index contributed by atoms with van der Waals surface area (Å²) in [5.74, 6) is 1.55. The smallest absolute Gasteiger partial charge is 0.155 e. The van der Waals surface area contributed by atoms with Crippen LogP contribution in [0.4, 0.5) is 0 Å². The Kier molecular flexibility index (Phi) is 3.06. The van der Waals surface area contributed by atoms with E-state index in [-0.39, 0.29) is 17.4 Å². The average molecular weight is 299 g/mol. The Hall–Kier alpha value is -1.07. The number of aromatic nitrogens is 2. The number of sulfone groups is 1. The molecule has 0 aliphatic carbocycles. The minimum absolute atomic E-state index is 0.172. The number of halogens is 1. The van der Waals surface area contributed by atoms with Gasteiger partial charge in [-0.25, -0.2) is 13.4 Å². The number of rotatable bonds is 1. The molecule has 0 spiro atoms. The lowest BCUT2D eigenvalue weighted by molar-refractivity contribution is 0.536. The molecule has 4 nitrogen and oxygen atoms in total. The molecule has 1 fully saturated rings. The molecule has 102 valence electrons. The highest BCUT2D eigenvalue weighted by atomic mass is 35.5. The second-order valence-corrected chi connectivity index (χ2v) is 7.76. The molecule has 2 aromatic heterocycles. The van der Waals surface area contributed by atoms with Crippen molar-refractivity contribution in [2.24, 2.45) is 0 Å². The van der Waals surface area contributed by atoms with E-state index in [0.717, 1.165) is 16.9 Å². The Morgan fingerprint density at radius 1 is 1.37 bits per heavy atom. The first-order valence-electron chi connectivity index (χ1n) is 6.31. The van der Waals surface area contributed by atoms with Crippen molar-refractivity contribution >= 4 is 27.0 Å². The number of aryl methyl sites for hydroxylation is 1. The fourth-order valence-corrected chi connectivity index (χ4v) is 4.53. The molecule has 0 radical (unpaired) electrons. The summed E-state index contributed by atoms with van der Waals surface area (Å²) in [7, 11) is -2.85. The number of fused-ring (bicyclic) bond motifs is 1. The Morgan fingerprint density at radius 2 is 2.05 bits per heavy atom. The zero-order valence-electron chi connectivity index (χ0n) is 10.6. The molecule has 0 atom stereocenters. The van der Waals surface area contributed by atoms with E-state index in [2.05, 4.69) is 4.98 Å². The molecule has 1 aliphatic heterocycles. The highest BCUT2D eigenvalue weighted by molar-refractivity contribution is 7.91. The molecule has 0 bridgehead atoms. The summed E-state index contributed by atoms with van der Waals surface area (Å²) < 4.78 is 25.0. The van der Waals surface area contributed by atoms with E-state index < -0.39 is 9.84 Å². The molecule has 3 heterocycles. The maximum atomic E-state index is 11.5. The molecular weight excluding hydrogens is 284 g/mol. The van der Waals surface area contributed by atoms with E-state index in [1.165, 1.54) is 0 Å². The summed E-state index contributed by atoms with van der Waals surface area (Å²) in [6, 6.07) is 3.96. The number of nitrogens with zero attached hydrogens (tertiary/aromatic N) is 2. The number of imidazole rings is 1. The van der Waals surface area contributed by atoms with E-state index in [0.29, 0.717) is 18.0 Å². The Labute approximate surface area is 117 Å². The molecule has 0 saturated carbocycles. The lowest BCUT2D eigenvalue weighted by Crippen LogP contribution is -2.23. The van der Waals surface area contributed by atoms with Crippen molar-refractivity contribution in [1.82, 2.24) is 9.38 Å². The van der Waals surface area contributed by atoms with Gasteiger partial charge in [0.05, 0.1) is 17.0 Å². The van der Waals surface area contributed by atoms with Crippen molar-refractivity contribution in [3.63, 3.8) is 0 Å². The average Bonchev–Trinajstić information content (AvgIpc) is 2.68. The van der Waals surface area contributed by atoms with Crippen LogP contribution in [0, 0.1) is 6.92 Å². The highest BCUT2D eigenvalue weighted by Crippen LogP contribution is 2.32. The highest BCUT2D eigenvalue weighted by Gasteiger charge is 2.28. The van der Waals surface area contributed by atoms with Crippen LogP contribution in [0.1, 0.15) is 30.1 Å². The van der Waals surface area contributed by atoms with Gasteiger partial charge in [0.1, 0.15) is 15.7 Å². The maximum Gasteiger partial charge on any atom is 0.155 e. The quantitative estimate of drug-likeness (QED) is 0.813. The third kappa shape index (κ3) is 2.25. The zero-order valence-corrected chi connectivity index (χ0v) is 12.2. The molecule has 0 N–H and O–H groups in total. The Morgan fingerprint density at radius 3 is 2.74 bits per heavy atom. The van der Waals surface area contributed by atoms with Gasteiger partial charge in [-0.15, -0.1) is 0 Å². The van der Waals surface area contributed by atoms with Crippen molar-refractivity contribution in [3.8, 4) is 0 Å². The van der Waals surface area contributed by atoms with Gasteiger partial charge in [-0.05, 0) is 31.4 Å². The van der Waals surface area contributed by atoms with Crippen LogP contribution in [-0.2, 0) is 9.84 Å². The molecule has 0 amide bonds. The van der Waals surface area contributed by atoms with Gasteiger partial charge in [-0.2, -0.15) is 0 Å². The van der Waals surface area contributed by atoms with Crippen molar-refractivity contribution in [2.45, 2.75) is 25.7 Å². The van der Waals surface area contributed by atoms with Gasteiger partial charge in [-0.3, -0.25) is 0 Å². The van der Waals surface area contributed by atoms with Gasteiger partial charge in [0.2, 0.25) is 0 Å². The van der Waals surface area contributed by atoms with E-state index in [4.69, 9.17) is 11.6 Å². The van der Waals surface area contributed by atoms with Crippen molar-refractivity contribution in [2.75, 3.05) is 11.5 Å². The predicted octanol–water partition coefficient (Wildman–Crippen LogP) is 2.59. The van der Waals surface area contributed by atoms with E-state index in [1.54, 1.807) is 0 Å². The topological polar surface area (TPSA) is 51.4 Å². The van der Waals surface area contributed by atoms with Gasteiger partial charge in [-0.1, -0.05) is 17.7 Å². The van der Waals surface area contributed by atoms with Crippen molar-refractivity contribution in [1.29, 1.82) is 0 Å². The summed E-state index contributed by atoms with van der Waals surface area (Å²) in [5.41, 5.74) is 2.00. The van der Waals surface area contributed by atoms with Crippen molar-refractivity contribution in [3.05, 3.63) is 34.9 Å². The molecule has 3 rings (SSSR count). The summed E-state index contributed by atoms with van der Waals surface area (Å²) in [4.78, 5) is 4.46. The van der Waals surface area contributed by atoms with Crippen molar-refractivity contribution < 1.29 is 8.42 Å². The predicted molar refractivity (Wildman–Crippen MR) is 75.6 cm³/mol. The monoisotopic (exact) mass is 298 g/mol. The molecular formula is C13H15ClN2O2S. The number of hydrogen-bond donors (Lipinski definition) is 0. The zero-order chi connectivity index (χ0) is 13.6. The minimum atomic E-state index is -2.85. The fourth-order valence-electron chi connectivity index (χ4n) is 2.71. The summed E-state index contributed by atoms with van der Waals surface area (Å²) in [6.45, 7) is 2.00. The first-order valence-corrected chi connectivity index (χ1v) is 8.51. The molecule has 1 saturated heterocycles. The lowest BCUT2D eigenvalue weighted by Gasteiger charge is -2.20. The van der Waals surface area contributed by atoms with Crippen LogP contribution >= 0.6 is 11.6 Å². The van der Waals surface area contributed by atoms with Crippen LogP contribution in [0.15, 0.2) is 18.3 Å². The van der Waals surface area contributed by atoms with E-state index in [9.17, 15) is 8.42 Å². The van der Waals surface area contributed by atoms with Crippen LogP contribution in [0.5, 0.6) is 0 Å². The van der Waals surface area contributed by atoms with Crippen LogP contribution < -0.4 is 0 Å². The van der Waals surface area contributed by atoms with Gasteiger partial charge in [0, 0.05) is 12.1 Å². The van der Waals surface area contributed by atoms with Crippen LogP contribution in [0.3, 0.4) is 0 Å². The molecule has 1 aliphatic rings. The Balaban J connectivity index is 2.05. The van der Waals surface area contributed by atoms with Crippen LogP contribution in [0.25, 0.3) is 5.52 Å². The minimum Gasteiger partial charge on any atom is -0.302 e. The van der Waals surface area contributed by atoms with Crippen LogP contribution in [0.2, 0.25) is 5.15 Å². The van der Waals surface area contributed by atoms with E-state index >= 15 is 0 Å². The molecule has 6 heteroatoms. The number of pyridine rings is 1. The first kappa shape index (κ1) is 12.9. The first-order chi connectivity index (χ1) is 8.98. The normalized spacial score (nSPS) is 19.9. The largest absolute Gasteiger partial charge is 0.302 e. The standard InChI is InChI=1S/C13H15ClN2O2S/c1-9-3-2-6-16-11(9)12(14)15-13(16)10-4-7-19(17,18)8-5-10/h2-3,6,10H,4-5,7-8H2,1H3. The third-order valence-electron chi connectivity index (χ3n) is 3.77. The fraction of sp³-hybridized carbons (Fsp3) is 0.462. The molecule has 2 aromatic rings. The lowest BCUT2D eigenvalue weighted by atomic mass is 10.0. The third-order valence-corrected chi connectivity index (χ3v) is 5.75. The molecule has 0 aromatic carbocycles. The number of hydrogen-bond acceptors (Lipinski definition) is 3. The second-order valence-electron chi connectivity index (χ2n) is 5.10. The van der Waals surface area contributed by atoms with Gasteiger partial charge in [0.25, 0.3) is 0 Å². The van der Waals surface area contributed by atoms with E-state index in [1.807, 2.05) is 29.7 Å². The maximum absolute atomic E-state index is 11.5. The SMILES string of the molecule is Cc1cccn2c(C3CCS(=O)(=O)CC3)nc(Cl)c12. The summed E-state index contributed by atoms with van der Waals surface area (Å²) in [5, 5.41) is 0.501. The van der Waals surface area contributed by atoms with Gasteiger partial charge in [0.15, 0.2) is 5.15 Å². The molecule has 19 heavy (non-hydrogen) atoms. The Bertz CT molecular complexity index is 722.